The number of nitrogens with two attached hydrogens (primary N) is 5. The number of aromatic nitrogens is 2. The highest BCUT2D eigenvalue weighted by molar-refractivity contribution is 6.00. The highest BCUT2D eigenvalue weighted by atomic mass is 16.4. The first-order valence-electron chi connectivity index (χ1n) is 35.5. The van der Waals surface area contributed by atoms with Gasteiger partial charge in [0.2, 0.25) is 70.9 Å². The summed E-state index contributed by atoms with van der Waals surface area (Å²) in [5.41, 5.74) is 30.1. The molecule has 0 aliphatic carbocycles. The van der Waals surface area contributed by atoms with E-state index in [-0.39, 0.29) is 69.3 Å². The number of hydrogen-bond acceptors (Lipinski definition) is 19. The first-order chi connectivity index (χ1) is 50.2. The Hall–Kier alpha value is -10.3. The number of amides is 12. The van der Waals surface area contributed by atoms with Crippen molar-refractivity contribution in [2.75, 3.05) is 32.8 Å². The lowest BCUT2D eigenvalue weighted by Gasteiger charge is -2.29. The number of fused-ring (bicyclic) bond motifs is 2. The summed E-state index contributed by atoms with van der Waals surface area (Å²) >= 11 is 0. The van der Waals surface area contributed by atoms with Crippen LogP contribution in [-0.4, -0.2) is 219 Å². The van der Waals surface area contributed by atoms with Gasteiger partial charge in [0.25, 0.3) is 0 Å². The Morgan fingerprint density at radius 1 is 0.434 bits per heavy atom. The molecule has 36 heteroatoms. The molecule has 0 saturated carbocycles. The Morgan fingerprint density at radius 3 is 1.25 bits per heavy atom. The standard InChI is InChI=1S/C70H109N19O17/c1-36(2)27-50(63(100)79-39(6)60(97)83-51(28-37(3)4)64(101)82-49(58(73)95)31-56(93)94)86-69(106)57(40(7)92)89-66(103)53(30-42-33-78-46-21-11-9-19-44(42)46)84-61(98)48(23-16-26-76-70(74)75)81-67(104)54(34-90)88-65(102)52(29-41-32-77-45-20-10-8-18-43(41)45)85-68(105)55(35-91)87-62(99)47(22-13-15-25-72)80-59(96)38(5)17-12-14-24-71/h8-11,18-21,32-33,36-40,47-55,57,77-78,90-92H,12-17,22-31,34-35,71-72H2,1-7H3,(H2,73,95)(H,79,100)(H,80,96)(H,81,104)(H,82,101)(H,83,97)(H,84,98)(H,85,105)(H,86,106)(H,87,99)(H,88,102)(H,89,103)(H,93,94)(H4,74,75,76)/t38-,39-,40+,47-,48-,49-,50-,51-,52?,53-,54-,55-,57-/m0/s1. The minimum absolute atomic E-state index is 0.00740. The van der Waals surface area contributed by atoms with Crippen molar-refractivity contribution in [1.29, 1.82) is 0 Å². The molecule has 0 aliphatic heterocycles. The Morgan fingerprint density at radius 2 is 0.811 bits per heavy atom. The fourth-order valence-electron chi connectivity index (χ4n) is 11.5. The zero-order valence-corrected chi connectivity index (χ0v) is 61.1. The summed E-state index contributed by atoms with van der Waals surface area (Å²) < 4.78 is 0. The lowest BCUT2D eigenvalue weighted by Crippen LogP contribution is -2.62. The van der Waals surface area contributed by atoms with E-state index in [9.17, 15) is 82.8 Å². The summed E-state index contributed by atoms with van der Waals surface area (Å²) in [5.74, 6) is -14.3. The van der Waals surface area contributed by atoms with E-state index in [1.54, 1.807) is 95.5 Å². The molecule has 0 fully saturated rings. The summed E-state index contributed by atoms with van der Waals surface area (Å²) in [5, 5.41) is 70.8. The van der Waals surface area contributed by atoms with E-state index < -0.39 is 175 Å². The molecule has 12 amide bonds. The number of benzene rings is 2. The van der Waals surface area contributed by atoms with Gasteiger partial charge in [-0.15, -0.1) is 0 Å². The lowest BCUT2D eigenvalue weighted by molar-refractivity contribution is -0.140. The van der Waals surface area contributed by atoms with Crippen LogP contribution in [0.25, 0.3) is 21.8 Å². The number of carbonyl (C=O) groups excluding carboxylic acids is 12. The molecule has 2 aromatic carbocycles. The fourth-order valence-corrected chi connectivity index (χ4v) is 11.5. The van der Waals surface area contributed by atoms with E-state index >= 15 is 0 Å². The number of aliphatic hydroxyl groups is 3. The second-order valence-electron chi connectivity index (χ2n) is 27.2. The summed E-state index contributed by atoms with van der Waals surface area (Å²) in [7, 11) is 0. The van der Waals surface area contributed by atoms with Crippen molar-refractivity contribution in [3.05, 3.63) is 72.1 Å². The number of unbranched alkanes of at least 4 members (excludes halogenated alkanes) is 2. The van der Waals surface area contributed by atoms with Crippen LogP contribution in [0.15, 0.2) is 65.9 Å². The van der Waals surface area contributed by atoms with Gasteiger partial charge >= 0.3 is 5.97 Å². The summed E-state index contributed by atoms with van der Waals surface area (Å²) in [6.45, 7) is 9.61. The molecular formula is C70H109N19O17. The number of primary amides is 1. The van der Waals surface area contributed by atoms with E-state index in [1.165, 1.54) is 13.8 Å². The van der Waals surface area contributed by atoms with E-state index in [0.717, 1.165) is 0 Å². The van der Waals surface area contributed by atoms with Gasteiger partial charge in [-0.2, -0.15) is 0 Å². The van der Waals surface area contributed by atoms with Crippen LogP contribution in [0.5, 0.6) is 0 Å². The molecule has 0 spiro atoms. The summed E-state index contributed by atoms with van der Waals surface area (Å²) in [6, 6.07) is -3.29. The van der Waals surface area contributed by atoms with Gasteiger partial charge in [-0.05, 0) is 120 Å². The van der Waals surface area contributed by atoms with Crippen molar-refractivity contribution in [1.82, 2.24) is 68.5 Å². The van der Waals surface area contributed by atoms with Crippen LogP contribution in [0.2, 0.25) is 0 Å². The van der Waals surface area contributed by atoms with E-state index in [4.69, 9.17) is 28.7 Å². The van der Waals surface area contributed by atoms with Crippen molar-refractivity contribution in [2.45, 2.75) is 205 Å². The predicted octanol–water partition coefficient (Wildman–Crippen LogP) is -3.85. The van der Waals surface area contributed by atoms with Crippen molar-refractivity contribution in [3.63, 3.8) is 0 Å². The Bertz CT molecular complexity index is 3650. The second-order valence-corrected chi connectivity index (χ2v) is 27.2. The third-order valence-corrected chi connectivity index (χ3v) is 17.3. The molecule has 2 heterocycles. The SMILES string of the molecule is CC(C)C[C@H](NC(=O)[C@H](C)NC(=O)[C@H](CC(C)C)NC(=O)[C@@H](NC(=O)[C@H](Cc1c[nH]c2ccccc12)NC(=O)[C@H](CCCN=C(N)N)NC(=O)[C@H](CO)NC(=O)C(Cc1c[nH]c2ccccc12)NC(=O)[C@H](CO)NC(=O)[C@H](CCCCN)NC(=O)[C@@H](C)CCCCN)[C@@H](C)O)C(=O)N[C@@H](CC(=O)O)C(N)=O. The van der Waals surface area contributed by atoms with Crippen molar-refractivity contribution in [2.24, 2.45) is 51.4 Å². The highest BCUT2D eigenvalue weighted by Crippen LogP contribution is 2.22. The topological polar surface area (TPSA) is 609 Å². The largest absolute Gasteiger partial charge is 0.481 e. The van der Waals surface area contributed by atoms with Crippen molar-refractivity contribution >= 4 is 105 Å². The number of guanidine groups is 1. The van der Waals surface area contributed by atoms with Gasteiger partial charge in [0.15, 0.2) is 5.96 Å². The molecule has 1 unspecified atom stereocenters. The molecule has 586 valence electrons. The third kappa shape index (κ3) is 29.0. The number of carbonyl (C=O) groups is 13. The molecule has 4 rings (SSSR count). The monoisotopic (exact) mass is 1490 g/mol. The molecule has 4 aromatic rings. The van der Waals surface area contributed by atoms with E-state index in [1.807, 2.05) is 0 Å². The Balaban J connectivity index is 1.64. The number of para-hydroxylation sites is 2. The lowest BCUT2D eigenvalue weighted by atomic mass is 10.0. The molecular weight excluding hydrogens is 1380 g/mol. The normalized spacial score (nSPS) is 15.0. The average Bonchev–Trinajstić information content (AvgIpc) is 1.64. The molecule has 0 bridgehead atoms. The molecule has 27 N–H and O–H groups in total. The molecule has 106 heavy (non-hydrogen) atoms. The zero-order valence-electron chi connectivity index (χ0n) is 61.1. The number of hydrogen-bond donors (Lipinski definition) is 22. The van der Waals surface area contributed by atoms with Crippen LogP contribution in [-0.2, 0) is 75.2 Å². The molecule has 36 nitrogen and oxygen atoms in total. The van der Waals surface area contributed by atoms with Crippen LogP contribution >= 0.6 is 0 Å². The quantitative estimate of drug-likeness (QED) is 0.0114. The smallest absolute Gasteiger partial charge is 0.305 e. The number of aromatic amines is 2. The Kier molecular flexibility index (Phi) is 37.0. The van der Waals surface area contributed by atoms with Gasteiger partial charge in [-0.1, -0.05) is 77.4 Å². The maximum Gasteiger partial charge on any atom is 0.305 e. The van der Waals surface area contributed by atoms with Gasteiger partial charge in [0.1, 0.15) is 66.5 Å². The maximum atomic E-state index is 14.9. The number of nitrogens with one attached hydrogen (secondary N) is 13. The van der Waals surface area contributed by atoms with Crippen molar-refractivity contribution < 1.29 is 82.8 Å². The van der Waals surface area contributed by atoms with E-state index in [0.29, 0.717) is 78.1 Å². The molecule has 0 aliphatic rings. The predicted molar refractivity (Wildman–Crippen MR) is 392 cm³/mol. The van der Waals surface area contributed by atoms with Crippen LogP contribution in [0, 0.1) is 17.8 Å². The van der Waals surface area contributed by atoms with Gasteiger partial charge < -0.3 is 118 Å². The number of rotatable bonds is 48. The van der Waals surface area contributed by atoms with Gasteiger partial charge in [-0.25, -0.2) is 0 Å². The van der Waals surface area contributed by atoms with Gasteiger partial charge in [0.05, 0.1) is 25.7 Å². The van der Waals surface area contributed by atoms with Crippen LogP contribution in [0.4, 0.5) is 0 Å². The number of carboxylic acids is 1. The summed E-state index contributed by atoms with van der Waals surface area (Å²) in [4.78, 5) is 189. The van der Waals surface area contributed by atoms with Crippen LogP contribution < -0.4 is 87.2 Å². The summed E-state index contributed by atoms with van der Waals surface area (Å²) in [6.07, 6.45) is 2.60. The molecule has 2 aromatic heterocycles. The van der Waals surface area contributed by atoms with Crippen molar-refractivity contribution in [3.8, 4) is 0 Å². The Labute approximate surface area is 614 Å². The number of aliphatic carboxylic acids is 1. The van der Waals surface area contributed by atoms with Gasteiger partial charge in [-0.3, -0.25) is 67.3 Å². The fraction of sp³-hybridized carbons (Fsp3) is 0.571. The highest BCUT2D eigenvalue weighted by Gasteiger charge is 2.38. The third-order valence-electron chi connectivity index (χ3n) is 17.3. The average molecular weight is 1490 g/mol. The minimum atomic E-state index is -1.87. The van der Waals surface area contributed by atoms with Crippen LogP contribution in [0.3, 0.4) is 0 Å². The number of nitrogens with zero attached hydrogens (tertiary/aromatic N) is 1. The number of carboxylic acid groups (broad SMARTS) is 1. The second kappa shape index (κ2) is 44.5. The first kappa shape index (κ1) is 88.1. The molecule has 0 saturated heterocycles. The molecule has 13 atom stereocenters. The first-order valence-corrected chi connectivity index (χ1v) is 35.5. The van der Waals surface area contributed by atoms with Crippen LogP contribution in [0.1, 0.15) is 130 Å². The zero-order chi connectivity index (χ0) is 78.9. The minimum Gasteiger partial charge on any atom is -0.481 e. The maximum absolute atomic E-state index is 14.9. The van der Waals surface area contributed by atoms with Gasteiger partial charge in [0, 0.05) is 59.5 Å². The number of aliphatic imine (C=N–C) groups is 1. The number of aliphatic hydroxyl groups excluding tert-OH is 3. The number of H-pyrrole nitrogens is 2. The molecule has 0 radical (unpaired) electrons. The van der Waals surface area contributed by atoms with E-state index in [2.05, 4.69) is 73.4 Å².